The highest BCUT2D eigenvalue weighted by Crippen LogP contribution is 2.36. The van der Waals surface area contributed by atoms with Gasteiger partial charge in [0, 0.05) is 49.3 Å². The van der Waals surface area contributed by atoms with Crippen molar-refractivity contribution in [1.29, 1.82) is 0 Å². The molecule has 38 heavy (non-hydrogen) atoms. The summed E-state index contributed by atoms with van der Waals surface area (Å²) in [7, 11) is -4.25. The molecule has 2 aromatic carbocycles. The van der Waals surface area contributed by atoms with Gasteiger partial charge >= 0.3 is 0 Å². The van der Waals surface area contributed by atoms with E-state index >= 15 is 0 Å². The summed E-state index contributed by atoms with van der Waals surface area (Å²) in [6.07, 6.45) is 2.55. The molecule has 7 nitrogen and oxygen atoms in total. The number of hydrogen-bond donors (Lipinski definition) is 1. The minimum atomic E-state index is -4.25. The zero-order valence-electron chi connectivity index (χ0n) is 20.5. The molecular formula is C27H26ClF2N3O4S. The fraction of sp³-hybridized carbons (Fsp3) is 0.296. The number of aromatic nitrogens is 1. The highest BCUT2D eigenvalue weighted by Gasteiger charge is 2.34. The molecule has 11 heteroatoms. The van der Waals surface area contributed by atoms with Gasteiger partial charge in [-0.15, -0.1) is 0 Å². The first-order chi connectivity index (χ1) is 18.1. The maximum Gasteiger partial charge on any atom is 0.223 e. The van der Waals surface area contributed by atoms with E-state index in [0.29, 0.717) is 36.5 Å². The van der Waals surface area contributed by atoms with E-state index in [2.05, 4.69) is 10.3 Å². The number of sulfone groups is 1. The average Bonchev–Trinajstić information content (AvgIpc) is 2.90. The third-order valence-corrected chi connectivity index (χ3v) is 8.88. The van der Waals surface area contributed by atoms with E-state index in [0.717, 1.165) is 18.2 Å². The Morgan fingerprint density at radius 2 is 1.76 bits per heavy atom. The molecule has 2 amide bonds. The van der Waals surface area contributed by atoms with Crippen LogP contribution in [0.25, 0.3) is 0 Å². The first kappa shape index (κ1) is 27.7. The highest BCUT2D eigenvalue weighted by atomic mass is 35.5. The summed E-state index contributed by atoms with van der Waals surface area (Å²) in [6.45, 7) is 2.72. The number of carbonyl (C=O) groups excluding carboxylic acids is 2. The monoisotopic (exact) mass is 561 g/mol. The molecule has 0 radical (unpaired) electrons. The summed E-state index contributed by atoms with van der Waals surface area (Å²) < 4.78 is 56.1. The largest absolute Gasteiger partial charge is 0.352 e. The SMILES string of the molecule is CC(=O)N1CCC(C(=O)NCc2ccc(C(c3cc(F)ccc3F)S(=O)(=O)c3ccc(Cl)cc3)nc2)CC1. The zero-order valence-corrected chi connectivity index (χ0v) is 22.1. The second kappa shape index (κ2) is 11.6. The van der Waals surface area contributed by atoms with Gasteiger partial charge in [0.25, 0.3) is 0 Å². The number of rotatable bonds is 7. The molecule has 1 aliphatic rings. The van der Waals surface area contributed by atoms with Crippen molar-refractivity contribution in [3.05, 3.63) is 94.3 Å². The fourth-order valence-corrected chi connectivity index (χ4v) is 6.33. The third-order valence-electron chi connectivity index (χ3n) is 6.59. The Balaban J connectivity index is 1.55. The van der Waals surface area contributed by atoms with Crippen LogP contribution in [0.3, 0.4) is 0 Å². The van der Waals surface area contributed by atoms with Crippen LogP contribution in [0.15, 0.2) is 65.7 Å². The number of carbonyl (C=O) groups is 2. The molecular weight excluding hydrogens is 536 g/mol. The van der Waals surface area contributed by atoms with Gasteiger partial charge in [0.2, 0.25) is 11.8 Å². The molecule has 0 aliphatic carbocycles. The van der Waals surface area contributed by atoms with E-state index in [1.165, 1.54) is 43.5 Å². The van der Waals surface area contributed by atoms with Crippen LogP contribution in [0.1, 0.15) is 41.8 Å². The summed E-state index contributed by atoms with van der Waals surface area (Å²) in [5.41, 5.74) is 0.229. The van der Waals surface area contributed by atoms with E-state index in [1.54, 1.807) is 11.0 Å². The van der Waals surface area contributed by atoms with E-state index < -0.39 is 26.7 Å². The molecule has 0 spiro atoms. The van der Waals surface area contributed by atoms with Gasteiger partial charge in [-0.3, -0.25) is 14.6 Å². The number of pyridine rings is 1. The van der Waals surface area contributed by atoms with Gasteiger partial charge in [-0.2, -0.15) is 0 Å². The standard InChI is InChI=1S/C27H26ClF2N3O4S/c1-17(34)33-12-10-19(11-13-33)27(35)32-16-18-2-9-25(31-15-18)26(23-14-21(29)5-8-24(23)30)38(36,37)22-6-3-20(28)4-7-22/h2-9,14-15,19,26H,10-13,16H2,1H3,(H,32,35). The van der Waals surface area contributed by atoms with Crippen LogP contribution >= 0.6 is 11.6 Å². The minimum Gasteiger partial charge on any atom is -0.352 e. The third kappa shape index (κ3) is 6.19. The van der Waals surface area contributed by atoms with Gasteiger partial charge in [0.05, 0.1) is 10.6 Å². The Morgan fingerprint density at radius 1 is 1.08 bits per heavy atom. The molecule has 4 rings (SSSR count). The molecule has 1 atom stereocenters. The Morgan fingerprint density at radius 3 is 2.37 bits per heavy atom. The number of halogens is 3. The van der Waals surface area contributed by atoms with Crippen molar-refractivity contribution in [2.24, 2.45) is 5.92 Å². The van der Waals surface area contributed by atoms with Gasteiger partial charge in [-0.05, 0) is 66.9 Å². The van der Waals surface area contributed by atoms with Gasteiger partial charge in [0.1, 0.15) is 16.9 Å². The van der Waals surface area contributed by atoms with Crippen LogP contribution in [-0.4, -0.2) is 43.2 Å². The molecule has 1 fully saturated rings. The Hall–Kier alpha value is -3.37. The number of nitrogens with zero attached hydrogens (tertiary/aromatic N) is 2. The van der Waals surface area contributed by atoms with Crippen molar-refractivity contribution < 1.29 is 26.8 Å². The van der Waals surface area contributed by atoms with Crippen LogP contribution in [0.4, 0.5) is 8.78 Å². The predicted molar refractivity (Wildman–Crippen MR) is 138 cm³/mol. The van der Waals surface area contributed by atoms with Crippen LogP contribution in [0.2, 0.25) is 5.02 Å². The van der Waals surface area contributed by atoms with Gasteiger partial charge in [-0.1, -0.05) is 17.7 Å². The van der Waals surface area contributed by atoms with E-state index in [-0.39, 0.29) is 40.4 Å². The summed E-state index contributed by atoms with van der Waals surface area (Å²) in [5.74, 6) is -2.02. The lowest BCUT2D eigenvalue weighted by molar-refractivity contribution is -0.134. The molecule has 2 heterocycles. The van der Waals surface area contributed by atoms with E-state index in [4.69, 9.17) is 11.6 Å². The number of likely N-dealkylation sites (tertiary alicyclic amines) is 1. The summed E-state index contributed by atoms with van der Waals surface area (Å²) in [5, 5.41) is 1.56. The first-order valence-corrected chi connectivity index (χ1v) is 13.9. The number of nitrogens with one attached hydrogen (secondary N) is 1. The number of hydrogen-bond acceptors (Lipinski definition) is 5. The molecule has 1 aliphatic heterocycles. The van der Waals surface area contributed by atoms with Gasteiger partial charge in [0.15, 0.2) is 9.84 Å². The molecule has 0 bridgehead atoms. The molecule has 200 valence electrons. The maximum absolute atomic E-state index is 14.8. The normalized spacial score (nSPS) is 15.2. The van der Waals surface area contributed by atoms with Crippen molar-refractivity contribution in [2.45, 2.75) is 36.5 Å². The van der Waals surface area contributed by atoms with Gasteiger partial charge in [-0.25, -0.2) is 17.2 Å². The fourth-order valence-electron chi connectivity index (χ4n) is 4.45. The van der Waals surface area contributed by atoms with Crippen LogP contribution < -0.4 is 5.32 Å². The molecule has 3 aromatic rings. The summed E-state index contributed by atoms with van der Waals surface area (Å²) in [6, 6.07) is 11.0. The molecule has 1 aromatic heterocycles. The van der Waals surface area contributed by atoms with E-state index in [9.17, 15) is 26.8 Å². The quantitative estimate of drug-likeness (QED) is 0.460. The van der Waals surface area contributed by atoms with Crippen molar-refractivity contribution >= 4 is 33.3 Å². The Bertz CT molecular complexity index is 1430. The highest BCUT2D eigenvalue weighted by molar-refractivity contribution is 7.91. The molecule has 1 unspecified atom stereocenters. The Kier molecular flexibility index (Phi) is 8.42. The Labute approximate surface area is 224 Å². The number of benzene rings is 2. The number of amides is 2. The van der Waals surface area contributed by atoms with Crippen molar-refractivity contribution in [2.75, 3.05) is 13.1 Å². The molecule has 0 saturated carbocycles. The van der Waals surface area contributed by atoms with Gasteiger partial charge < -0.3 is 10.2 Å². The van der Waals surface area contributed by atoms with Crippen LogP contribution in [0.5, 0.6) is 0 Å². The second-order valence-corrected chi connectivity index (χ2v) is 11.6. The minimum absolute atomic E-state index is 0.00358. The zero-order chi connectivity index (χ0) is 27.4. The second-order valence-electron chi connectivity index (χ2n) is 9.13. The lowest BCUT2D eigenvalue weighted by Gasteiger charge is -2.30. The molecule has 1 saturated heterocycles. The lowest BCUT2D eigenvalue weighted by atomic mass is 9.96. The topological polar surface area (TPSA) is 96.4 Å². The van der Waals surface area contributed by atoms with Crippen molar-refractivity contribution in [3.8, 4) is 0 Å². The molecule has 1 N–H and O–H groups in total. The summed E-state index contributed by atoms with van der Waals surface area (Å²) >= 11 is 5.90. The first-order valence-electron chi connectivity index (χ1n) is 12.0. The number of piperidine rings is 1. The van der Waals surface area contributed by atoms with Crippen molar-refractivity contribution in [3.63, 3.8) is 0 Å². The van der Waals surface area contributed by atoms with Crippen LogP contribution in [0, 0.1) is 17.6 Å². The average molecular weight is 562 g/mol. The van der Waals surface area contributed by atoms with E-state index in [1.807, 2.05) is 0 Å². The lowest BCUT2D eigenvalue weighted by Crippen LogP contribution is -2.42. The smallest absolute Gasteiger partial charge is 0.223 e. The van der Waals surface area contributed by atoms with Crippen molar-refractivity contribution in [1.82, 2.24) is 15.2 Å². The predicted octanol–water partition coefficient (Wildman–Crippen LogP) is 4.45. The summed E-state index contributed by atoms with van der Waals surface area (Å²) in [4.78, 5) is 29.9. The maximum atomic E-state index is 14.8. The van der Waals surface area contributed by atoms with Crippen LogP contribution in [-0.2, 0) is 26.0 Å².